The second kappa shape index (κ2) is 4.92. The van der Waals surface area contributed by atoms with E-state index in [4.69, 9.17) is 4.74 Å². The Morgan fingerprint density at radius 3 is 2.19 bits per heavy atom. The van der Waals surface area contributed by atoms with Gasteiger partial charge in [0.15, 0.2) is 0 Å². The van der Waals surface area contributed by atoms with E-state index in [0.717, 1.165) is 0 Å². The Balaban J connectivity index is 2.85. The highest BCUT2D eigenvalue weighted by molar-refractivity contribution is 9.09. The zero-order valence-electron chi connectivity index (χ0n) is 10.0. The molecule has 0 spiro atoms. The topological polar surface area (TPSA) is 55.4 Å². The highest BCUT2D eigenvalue weighted by Crippen LogP contribution is 2.26. The molecule has 0 aromatic rings. The highest BCUT2D eigenvalue weighted by Gasteiger charge is 2.40. The Kier molecular flexibility index (Phi) is 4.43. The lowest BCUT2D eigenvalue weighted by Gasteiger charge is -2.38. The second-order valence-corrected chi connectivity index (χ2v) is 8.24. The maximum absolute atomic E-state index is 12.1. The van der Waals surface area contributed by atoms with E-state index in [2.05, 4.69) is 20.7 Å². The van der Waals surface area contributed by atoms with Crippen LogP contribution in [0.4, 0.5) is 0 Å². The Labute approximate surface area is 106 Å². The molecule has 1 rings (SSSR count). The van der Waals surface area contributed by atoms with Gasteiger partial charge in [0.25, 0.3) is 0 Å². The molecule has 1 aliphatic rings. The minimum absolute atomic E-state index is 0.385. The van der Waals surface area contributed by atoms with E-state index in [1.807, 2.05) is 0 Å². The van der Waals surface area contributed by atoms with E-state index in [0.29, 0.717) is 31.4 Å². The average Bonchev–Trinajstić information content (AvgIpc) is 2.17. The molecule has 0 atom stereocenters. The number of halogens is 1. The van der Waals surface area contributed by atoms with Crippen LogP contribution < -0.4 is 4.72 Å². The van der Waals surface area contributed by atoms with Gasteiger partial charge in [0.1, 0.15) is 0 Å². The van der Waals surface area contributed by atoms with Crippen molar-refractivity contribution in [2.24, 2.45) is 0 Å². The molecule has 1 aliphatic heterocycles. The van der Waals surface area contributed by atoms with E-state index in [1.54, 1.807) is 20.8 Å². The summed E-state index contributed by atoms with van der Waals surface area (Å²) in [4.78, 5) is 0. The molecule has 0 unspecified atom stereocenters. The van der Waals surface area contributed by atoms with Crippen molar-refractivity contribution in [3.8, 4) is 0 Å². The Bertz CT molecular complexity index is 328. The largest absolute Gasteiger partial charge is 0.381 e. The van der Waals surface area contributed by atoms with Crippen LogP contribution in [0.15, 0.2) is 0 Å². The molecular formula is C10H20BrNO3S. The van der Waals surface area contributed by atoms with Gasteiger partial charge in [-0.05, 0) is 33.6 Å². The molecule has 0 saturated carbocycles. The third kappa shape index (κ3) is 3.18. The lowest BCUT2D eigenvalue weighted by molar-refractivity contribution is 0.0555. The summed E-state index contributed by atoms with van der Waals surface area (Å²) in [6, 6.07) is 0. The van der Waals surface area contributed by atoms with Crippen LogP contribution in [-0.4, -0.2) is 37.2 Å². The van der Waals surface area contributed by atoms with Crippen LogP contribution in [0.25, 0.3) is 0 Å². The van der Waals surface area contributed by atoms with Crippen molar-refractivity contribution in [1.29, 1.82) is 0 Å². The summed E-state index contributed by atoms with van der Waals surface area (Å²) in [5, 5.41) is 0.624. The standard InChI is InChI=1S/C10H20BrNO3S/c1-9(2,3)16(13,14)12-10(8-11)4-6-15-7-5-10/h12H,4-8H2,1-3H3. The SMILES string of the molecule is CC(C)(C)S(=O)(=O)NC1(CBr)CCOCC1. The molecule has 96 valence electrons. The molecule has 0 aromatic heterocycles. The van der Waals surface area contributed by atoms with Crippen molar-refractivity contribution in [3.05, 3.63) is 0 Å². The maximum atomic E-state index is 12.1. The van der Waals surface area contributed by atoms with Crippen LogP contribution in [0.2, 0.25) is 0 Å². The summed E-state index contributed by atoms with van der Waals surface area (Å²) in [5.41, 5.74) is -0.385. The van der Waals surface area contributed by atoms with Gasteiger partial charge in [0.05, 0.1) is 4.75 Å². The van der Waals surface area contributed by atoms with Crippen molar-refractivity contribution in [1.82, 2.24) is 4.72 Å². The molecule has 6 heteroatoms. The van der Waals surface area contributed by atoms with Gasteiger partial charge in [-0.25, -0.2) is 13.1 Å². The Hall–Kier alpha value is 0.350. The predicted molar refractivity (Wildman–Crippen MR) is 68.4 cm³/mol. The molecular weight excluding hydrogens is 294 g/mol. The average molecular weight is 314 g/mol. The van der Waals surface area contributed by atoms with E-state index in [1.165, 1.54) is 0 Å². The van der Waals surface area contributed by atoms with Crippen molar-refractivity contribution < 1.29 is 13.2 Å². The smallest absolute Gasteiger partial charge is 0.217 e. The predicted octanol–water partition coefficient (Wildman–Crippen LogP) is 1.65. The van der Waals surface area contributed by atoms with Crippen molar-refractivity contribution in [2.75, 3.05) is 18.5 Å². The minimum Gasteiger partial charge on any atom is -0.381 e. The van der Waals surface area contributed by atoms with Crippen LogP contribution in [0.3, 0.4) is 0 Å². The summed E-state index contributed by atoms with van der Waals surface area (Å²) in [5.74, 6) is 0. The molecule has 1 fully saturated rings. The fourth-order valence-electron chi connectivity index (χ4n) is 1.46. The van der Waals surface area contributed by atoms with Gasteiger partial charge in [0, 0.05) is 24.1 Å². The number of hydrogen-bond acceptors (Lipinski definition) is 3. The zero-order valence-corrected chi connectivity index (χ0v) is 12.4. The van der Waals surface area contributed by atoms with Crippen LogP contribution in [-0.2, 0) is 14.8 Å². The zero-order chi connectivity index (χ0) is 12.4. The normalized spacial score (nSPS) is 22.0. The van der Waals surface area contributed by atoms with Gasteiger partial charge < -0.3 is 4.74 Å². The Morgan fingerprint density at radius 1 is 1.31 bits per heavy atom. The summed E-state index contributed by atoms with van der Waals surface area (Å²) in [7, 11) is -3.30. The molecule has 0 aliphatic carbocycles. The van der Waals surface area contributed by atoms with Gasteiger partial charge >= 0.3 is 0 Å². The van der Waals surface area contributed by atoms with Crippen LogP contribution >= 0.6 is 15.9 Å². The molecule has 1 N–H and O–H groups in total. The summed E-state index contributed by atoms with van der Waals surface area (Å²) in [6.45, 7) is 6.33. The first-order chi connectivity index (χ1) is 7.22. The third-order valence-corrected chi connectivity index (χ3v) is 6.25. The molecule has 0 amide bonds. The second-order valence-electron chi connectivity index (χ2n) is 5.24. The molecule has 1 saturated heterocycles. The molecule has 1 heterocycles. The van der Waals surface area contributed by atoms with Crippen LogP contribution in [0.1, 0.15) is 33.6 Å². The molecule has 0 aromatic carbocycles. The number of rotatable bonds is 3. The van der Waals surface area contributed by atoms with Crippen LogP contribution in [0.5, 0.6) is 0 Å². The van der Waals surface area contributed by atoms with Crippen LogP contribution in [0, 0.1) is 0 Å². The van der Waals surface area contributed by atoms with Gasteiger partial charge in [-0.15, -0.1) is 0 Å². The van der Waals surface area contributed by atoms with Gasteiger partial charge in [-0.3, -0.25) is 0 Å². The summed E-state index contributed by atoms with van der Waals surface area (Å²) >= 11 is 3.41. The fourth-order valence-corrected chi connectivity index (χ4v) is 3.50. The molecule has 0 radical (unpaired) electrons. The maximum Gasteiger partial charge on any atom is 0.217 e. The number of alkyl halides is 1. The minimum atomic E-state index is -3.30. The summed E-state index contributed by atoms with van der Waals surface area (Å²) in [6.07, 6.45) is 1.43. The third-order valence-electron chi connectivity index (χ3n) is 2.86. The monoisotopic (exact) mass is 313 g/mol. The summed E-state index contributed by atoms with van der Waals surface area (Å²) < 4.78 is 31.6. The first-order valence-electron chi connectivity index (χ1n) is 5.40. The van der Waals surface area contributed by atoms with Gasteiger partial charge in [-0.1, -0.05) is 15.9 Å². The van der Waals surface area contributed by atoms with Crippen molar-refractivity contribution >= 4 is 26.0 Å². The number of hydrogen-bond donors (Lipinski definition) is 1. The van der Waals surface area contributed by atoms with E-state index < -0.39 is 14.8 Å². The Morgan fingerprint density at radius 2 is 1.81 bits per heavy atom. The van der Waals surface area contributed by atoms with Crippen molar-refractivity contribution in [3.63, 3.8) is 0 Å². The first-order valence-corrected chi connectivity index (χ1v) is 8.00. The number of nitrogens with one attached hydrogen (secondary N) is 1. The lowest BCUT2D eigenvalue weighted by atomic mass is 9.94. The first kappa shape index (κ1) is 14.4. The number of sulfonamides is 1. The number of ether oxygens (including phenoxy) is 1. The van der Waals surface area contributed by atoms with Gasteiger partial charge in [0.2, 0.25) is 10.0 Å². The fraction of sp³-hybridized carbons (Fsp3) is 1.00. The highest BCUT2D eigenvalue weighted by atomic mass is 79.9. The van der Waals surface area contributed by atoms with E-state index in [9.17, 15) is 8.42 Å². The lowest BCUT2D eigenvalue weighted by Crippen LogP contribution is -2.56. The quantitative estimate of drug-likeness (QED) is 0.806. The van der Waals surface area contributed by atoms with Crippen molar-refractivity contribution in [2.45, 2.75) is 43.9 Å². The molecule has 4 nitrogen and oxygen atoms in total. The van der Waals surface area contributed by atoms with E-state index in [-0.39, 0.29) is 5.54 Å². The molecule has 16 heavy (non-hydrogen) atoms. The van der Waals surface area contributed by atoms with E-state index >= 15 is 0 Å². The molecule has 0 bridgehead atoms. The van der Waals surface area contributed by atoms with Gasteiger partial charge in [-0.2, -0.15) is 0 Å².